The summed E-state index contributed by atoms with van der Waals surface area (Å²) in [5.41, 5.74) is 0. The minimum absolute atomic E-state index is 0.703. The van der Waals surface area contributed by atoms with Crippen molar-refractivity contribution >= 4 is 0 Å². The highest BCUT2D eigenvalue weighted by Gasteiger charge is 2.23. The van der Waals surface area contributed by atoms with Crippen LogP contribution in [0, 0.1) is 11.8 Å². The van der Waals surface area contributed by atoms with Crippen LogP contribution in [0.2, 0.25) is 0 Å². The summed E-state index contributed by atoms with van der Waals surface area (Å²) in [4.78, 5) is 2.63. The van der Waals surface area contributed by atoms with E-state index in [-0.39, 0.29) is 0 Å². The Bertz CT molecular complexity index is 266. The van der Waals surface area contributed by atoms with Crippen molar-refractivity contribution in [3.05, 3.63) is 12.2 Å². The summed E-state index contributed by atoms with van der Waals surface area (Å²) in [7, 11) is 0. The SMILES string of the molecule is CCCN1CCC(C(C)NCC2CC=CCC2)CC1. The number of nitrogens with zero attached hydrogens (tertiary/aromatic N) is 1. The first-order chi connectivity index (χ1) is 9.29. The molecule has 1 aliphatic heterocycles. The van der Waals surface area contributed by atoms with Gasteiger partial charge in [-0.15, -0.1) is 0 Å². The van der Waals surface area contributed by atoms with Crippen LogP contribution in [0.15, 0.2) is 12.2 Å². The Balaban J connectivity index is 1.63. The van der Waals surface area contributed by atoms with Crippen molar-refractivity contribution in [1.29, 1.82) is 0 Å². The van der Waals surface area contributed by atoms with E-state index >= 15 is 0 Å². The first-order valence-electron chi connectivity index (χ1n) is 8.40. The van der Waals surface area contributed by atoms with Crippen LogP contribution in [0.25, 0.3) is 0 Å². The van der Waals surface area contributed by atoms with E-state index in [9.17, 15) is 0 Å². The fraction of sp³-hybridized carbons (Fsp3) is 0.882. The molecular formula is C17H32N2. The average molecular weight is 264 g/mol. The van der Waals surface area contributed by atoms with Gasteiger partial charge in [-0.3, -0.25) is 0 Å². The topological polar surface area (TPSA) is 15.3 Å². The largest absolute Gasteiger partial charge is 0.314 e. The van der Waals surface area contributed by atoms with Gasteiger partial charge in [0.15, 0.2) is 0 Å². The van der Waals surface area contributed by atoms with E-state index in [0.717, 1.165) is 11.8 Å². The van der Waals surface area contributed by atoms with Crippen molar-refractivity contribution in [3.8, 4) is 0 Å². The number of piperidine rings is 1. The van der Waals surface area contributed by atoms with Gasteiger partial charge in [-0.1, -0.05) is 19.1 Å². The predicted molar refractivity (Wildman–Crippen MR) is 83.4 cm³/mol. The minimum Gasteiger partial charge on any atom is -0.314 e. The number of hydrogen-bond donors (Lipinski definition) is 1. The van der Waals surface area contributed by atoms with E-state index in [2.05, 4.69) is 36.2 Å². The van der Waals surface area contributed by atoms with Gasteiger partial charge in [-0.25, -0.2) is 0 Å². The first-order valence-corrected chi connectivity index (χ1v) is 8.40. The lowest BCUT2D eigenvalue weighted by atomic mass is 9.89. The lowest BCUT2D eigenvalue weighted by Crippen LogP contribution is -2.43. The third kappa shape index (κ3) is 4.92. The van der Waals surface area contributed by atoms with Gasteiger partial charge in [-0.05, 0) is 83.5 Å². The third-order valence-corrected chi connectivity index (χ3v) is 4.99. The van der Waals surface area contributed by atoms with E-state index in [0.29, 0.717) is 6.04 Å². The zero-order chi connectivity index (χ0) is 13.5. The van der Waals surface area contributed by atoms with Crippen molar-refractivity contribution in [1.82, 2.24) is 10.2 Å². The summed E-state index contributed by atoms with van der Waals surface area (Å²) in [5, 5.41) is 3.82. The van der Waals surface area contributed by atoms with Crippen molar-refractivity contribution in [2.75, 3.05) is 26.2 Å². The Kier molecular flexibility index (Phi) is 6.39. The Morgan fingerprint density at radius 1 is 1.21 bits per heavy atom. The van der Waals surface area contributed by atoms with Gasteiger partial charge in [-0.2, -0.15) is 0 Å². The standard InChI is InChI=1S/C17H32N2/c1-3-11-19-12-9-17(10-13-19)15(2)18-14-16-7-5-4-6-8-16/h4-5,15-18H,3,6-14H2,1-2H3. The normalized spacial score (nSPS) is 27.6. The van der Waals surface area contributed by atoms with E-state index in [1.54, 1.807) is 0 Å². The molecule has 2 aliphatic rings. The van der Waals surface area contributed by atoms with Crippen LogP contribution in [0.5, 0.6) is 0 Å². The summed E-state index contributed by atoms with van der Waals surface area (Å²) < 4.78 is 0. The van der Waals surface area contributed by atoms with Gasteiger partial charge < -0.3 is 10.2 Å². The molecule has 0 radical (unpaired) electrons. The Labute approximate surface area is 119 Å². The summed E-state index contributed by atoms with van der Waals surface area (Å²) in [6.07, 6.45) is 12.7. The second-order valence-corrected chi connectivity index (χ2v) is 6.53. The number of allylic oxidation sites excluding steroid dienone is 2. The summed E-state index contributed by atoms with van der Waals surface area (Å²) in [6.45, 7) is 9.84. The molecule has 0 bridgehead atoms. The third-order valence-electron chi connectivity index (χ3n) is 4.99. The Hall–Kier alpha value is -0.340. The molecule has 0 amide bonds. The quantitative estimate of drug-likeness (QED) is 0.739. The zero-order valence-electron chi connectivity index (χ0n) is 12.9. The lowest BCUT2D eigenvalue weighted by molar-refractivity contribution is 0.160. The van der Waals surface area contributed by atoms with Gasteiger partial charge in [0.25, 0.3) is 0 Å². The maximum atomic E-state index is 3.82. The zero-order valence-corrected chi connectivity index (χ0v) is 12.9. The minimum atomic E-state index is 0.703. The molecule has 1 fully saturated rings. The number of likely N-dealkylation sites (tertiary alicyclic amines) is 1. The molecule has 0 saturated carbocycles. The molecule has 2 nitrogen and oxygen atoms in total. The second-order valence-electron chi connectivity index (χ2n) is 6.53. The molecule has 2 atom stereocenters. The molecule has 2 rings (SSSR count). The Morgan fingerprint density at radius 2 is 2.00 bits per heavy atom. The van der Waals surface area contributed by atoms with Gasteiger partial charge in [0, 0.05) is 6.04 Å². The van der Waals surface area contributed by atoms with Gasteiger partial charge in [0.2, 0.25) is 0 Å². The molecular weight excluding hydrogens is 232 g/mol. The van der Waals surface area contributed by atoms with Crippen LogP contribution in [0.1, 0.15) is 52.4 Å². The van der Waals surface area contributed by atoms with Gasteiger partial charge in [0.1, 0.15) is 0 Å². The van der Waals surface area contributed by atoms with Gasteiger partial charge in [0.05, 0.1) is 0 Å². The highest BCUT2D eigenvalue weighted by molar-refractivity contribution is 4.91. The summed E-state index contributed by atoms with van der Waals surface area (Å²) in [6, 6.07) is 0.703. The van der Waals surface area contributed by atoms with Crippen molar-refractivity contribution in [2.45, 2.75) is 58.4 Å². The Morgan fingerprint density at radius 3 is 2.63 bits per heavy atom. The van der Waals surface area contributed by atoms with E-state index in [4.69, 9.17) is 0 Å². The number of rotatable bonds is 6. The predicted octanol–water partition coefficient (Wildman–Crippen LogP) is 3.44. The maximum Gasteiger partial charge on any atom is 0.00680 e. The van der Waals surface area contributed by atoms with Crippen LogP contribution < -0.4 is 5.32 Å². The molecule has 0 spiro atoms. The van der Waals surface area contributed by atoms with Crippen molar-refractivity contribution < 1.29 is 0 Å². The summed E-state index contributed by atoms with van der Waals surface area (Å²) in [5.74, 6) is 1.78. The summed E-state index contributed by atoms with van der Waals surface area (Å²) >= 11 is 0. The van der Waals surface area contributed by atoms with E-state index in [1.807, 2.05) is 0 Å². The lowest BCUT2D eigenvalue weighted by Gasteiger charge is -2.35. The fourth-order valence-electron chi connectivity index (χ4n) is 3.55. The molecule has 19 heavy (non-hydrogen) atoms. The molecule has 1 saturated heterocycles. The van der Waals surface area contributed by atoms with Crippen LogP contribution >= 0.6 is 0 Å². The molecule has 0 aromatic rings. The molecule has 1 aliphatic carbocycles. The molecule has 110 valence electrons. The highest BCUT2D eigenvalue weighted by Crippen LogP contribution is 2.22. The molecule has 2 heteroatoms. The van der Waals surface area contributed by atoms with Crippen LogP contribution in [-0.2, 0) is 0 Å². The molecule has 0 aromatic heterocycles. The van der Waals surface area contributed by atoms with Crippen LogP contribution in [-0.4, -0.2) is 37.1 Å². The van der Waals surface area contributed by atoms with E-state index in [1.165, 1.54) is 64.7 Å². The molecule has 1 N–H and O–H groups in total. The highest BCUT2D eigenvalue weighted by atomic mass is 15.1. The fourth-order valence-corrected chi connectivity index (χ4v) is 3.55. The maximum absolute atomic E-state index is 3.82. The van der Waals surface area contributed by atoms with Crippen molar-refractivity contribution in [3.63, 3.8) is 0 Å². The molecule has 1 heterocycles. The van der Waals surface area contributed by atoms with E-state index < -0.39 is 0 Å². The number of hydrogen-bond acceptors (Lipinski definition) is 2. The molecule has 0 aromatic carbocycles. The smallest absolute Gasteiger partial charge is 0.00680 e. The van der Waals surface area contributed by atoms with Crippen LogP contribution in [0.3, 0.4) is 0 Å². The van der Waals surface area contributed by atoms with Gasteiger partial charge >= 0.3 is 0 Å². The average Bonchev–Trinajstić information content (AvgIpc) is 2.47. The van der Waals surface area contributed by atoms with Crippen LogP contribution in [0.4, 0.5) is 0 Å². The molecule has 2 unspecified atom stereocenters. The second kappa shape index (κ2) is 8.06. The monoisotopic (exact) mass is 264 g/mol. The number of nitrogens with one attached hydrogen (secondary N) is 1. The van der Waals surface area contributed by atoms with Crippen molar-refractivity contribution in [2.24, 2.45) is 11.8 Å². The first kappa shape index (κ1) is 15.1.